The van der Waals surface area contributed by atoms with Gasteiger partial charge in [0.15, 0.2) is 0 Å². The summed E-state index contributed by atoms with van der Waals surface area (Å²) < 4.78 is 11.0. The smallest absolute Gasteiger partial charge is 0.227 e. The standard InChI is InChI=1S/C24H30N2O4/c1-4-12-25-24(28)21-16-26(23(27)13-17-8-6-5-7-9-17)15-20(21)19-14-18(29-2)10-11-22(19)30-3/h5-11,14,20-21H,4,12-13,15-16H2,1-3H3,(H,25,28). The van der Waals surface area contributed by atoms with Gasteiger partial charge in [-0.1, -0.05) is 37.3 Å². The summed E-state index contributed by atoms with van der Waals surface area (Å²) in [6, 6.07) is 15.3. The molecule has 3 rings (SSSR count). The highest BCUT2D eigenvalue weighted by Crippen LogP contribution is 2.39. The minimum absolute atomic E-state index is 0.0262. The highest BCUT2D eigenvalue weighted by atomic mass is 16.5. The molecule has 2 amide bonds. The van der Waals surface area contributed by atoms with Crippen LogP contribution >= 0.6 is 0 Å². The molecule has 1 heterocycles. The van der Waals surface area contributed by atoms with Crippen molar-refractivity contribution in [1.82, 2.24) is 10.2 Å². The summed E-state index contributed by atoms with van der Waals surface area (Å²) in [4.78, 5) is 27.7. The molecule has 0 aromatic heterocycles. The number of hydrogen-bond donors (Lipinski definition) is 1. The van der Waals surface area contributed by atoms with Gasteiger partial charge in [-0.2, -0.15) is 0 Å². The fraction of sp³-hybridized carbons (Fsp3) is 0.417. The van der Waals surface area contributed by atoms with Crippen LogP contribution in [0.25, 0.3) is 0 Å². The highest BCUT2D eigenvalue weighted by molar-refractivity contribution is 5.84. The van der Waals surface area contributed by atoms with E-state index in [1.165, 1.54) is 0 Å². The van der Waals surface area contributed by atoms with E-state index in [1.807, 2.05) is 55.5 Å². The van der Waals surface area contributed by atoms with Gasteiger partial charge < -0.3 is 19.7 Å². The lowest BCUT2D eigenvalue weighted by Crippen LogP contribution is -2.36. The zero-order valence-corrected chi connectivity index (χ0v) is 17.9. The third-order valence-corrected chi connectivity index (χ3v) is 5.59. The molecule has 1 fully saturated rings. The molecule has 6 nitrogen and oxygen atoms in total. The van der Waals surface area contributed by atoms with Gasteiger partial charge in [0.25, 0.3) is 0 Å². The van der Waals surface area contributed by atoms with Crippen LogP contribution in [-0.2, 0) is 16.0 Å². The summed E-state index contributed by atoms with van der Waals surface area (Å²) in [5.74, 6) is 0.906. The third-order valence-electron chi connectivity index (χ3n) is 5.59. The lowest BCUT2D eigenvalue weighted by Gasteiger charge is -2.21. The maximum atomic E-state index is 13.0. The van der Waals surface area contributed by atoms with E-state index in [2.05, 4.69) is 5.32 Å². The molecule has 1 saturated heterocycles. The van der Waals surface area contributed by atoms with Crippen molar-refractivity contribution in [1.29, 1.82) is 0 Å². The van der Waals surface area contributed by atoms with Gasteiger partial charge in [-0.3, -0.25) is 9.59 Å². The number of nitrogens with one attached hydrogen (secondary N) is 1. The molecule has 0 spiro atoms. The Balaban J connectivity index is 1.87. The first-order valence-electron chi connectivity index (χ1n) is 10.4. The van der Waals surface area contributed by atoms with E-state index < -0.39 is 0 Å². The second-order valence-corrected chi connectivity index (χ2v) is 7.57. The Morgan fingerprint density at radius 3 is 2.50 bits per heavy atom. The summed E-state index contributed by atoms with van der Waals surface area (Å²) in [6.07, 6.45) is 1.19. The number of nitrogens with zero attached hydrogens (tertiary/aromatic N) is 1. The fourth-order valence-electron chi connectivity index (χ4n) is 3.98. The number of hydrogen-bond acceptors (Lipinski definition) is 4. The van der Waals surface area contributed by atoms with Crippen LogP contribution in [0, 0.1) is 5.92 Å². The van der Waals surface area contributed by atoms with Crippen molar-refractivity contribution in [2.45, 2.75) is 25.7 Å². The van der Waals surface area contributed by atoms with Crippen molar-refractivity contribution < 1.29 is 19.1 Å². The summed E-state index contributed by atoms with van der Waals surface area (Å²) in [6.45, 7) is 3.51. The van der Waals surface area contributed by atoms with E-state index in [-0.39, 0.29) is 23.7 Å². The number of likely N-dealkylation sites (tertiary alicyclic amines) is 1. The minimum atomic E-state index is -0.336. The first-order valence-corrected chi connectivity index (χ1v) is 10.4. The van der Waals surface area contributed by atoms with Gasteiger partial charge in [-0.15, -0.1) is 0 Å². The number of rotatable bonds is 8. The lowest BCUT2D eigenvalue weighted by atomic mass is 9.87. The molecule has 1 N–H and O–H groups in total. The van der Waals surface area contributed by atoms with Crippen LogP contribution in [0.4, 0.5) is 0 Å². The number of amides is 2. The van der Waals surface area contributed by atoms with E-state index in [9.17, 15) is 9.59 Å². The Bertz CT molecular complexity index is 869. The van der Waals surface area contributed by atoms with Crippen molar-refractivity contribution in [2.75, 3.05) is 33.9 Å². The van der Waals surface area contributed by atoms with Crippen LogP contribution in [0.3, 0.4) is 0 Å². The Morgan fingerprint density at radius 1 is 1.07 bits per heavy atom. The van der Waals surface area contributed by atoms with Crippen LogP contribution in [0.1, 0.15) is 30.4 Å². The van der Waals surface area contributed by atoms with E-state index in [0.717, 1.165) is 17.5 Å². The van der Waals surface area contributed by atoms with Crippen LogP contribution in [0.5, 0.6) is 11.5 Å². The quantitative estimate of drug-likeness (QED) is 0.726. The van der Waals surface area contributed by atoms with Gasteiger partial charge in [0.2, 0.25) is 11.8 Å². The fourth-order valence-corrected chi connectivity index (χ4v) is 3.98. The average Bonchev–Trinajstić information content (AvgIpc) is 3.23. The summed E-state index contributed by atoms with van der Waals surface area (Å²) in [7, 11) is 3.23. The first kappa shape index (κ1) is 21.7. The van der Waals surface area contributed by atoms with Crippen molar-refractivity contribution in [3.8, 4) is 11.5 Å². The van der Waals surface area contributed by atoms with Gasteiger partial charge in [0, 0.05) is 31.1 Å². The largest absolute Gasteiger partial charge is 0.497 e. The zero-order chi connectivity index (χ0) is 21.5. The van der Waals surface area contributed by atoms with Gasteiger partial charge in [-0.05, 0) is 30.2 Å². The third kappa shape index (κ3) is 4.93. The molecule has 0 bridgehead atoms. The average molecular weight is 411 g/mol. The van der Waals surface area contributed by atoms with Crippen molar-refractivity contribution >= 4 is 11.8 Å². The van der Waals surface area contributed by atoms with Gasteiger partial charge in [-0.25, -0.2) is 0 Å². The Morgan fingerprint density at radius 2 is 1.83 bits per heavy atom. The number of carbonyl (C=O) groups excluding carboxylic acids is 2. The maximum absolute atomic E-state index is 13.0. The van der Waals surface area contributed by atoms with Crippen LogP contribution < -0.4 is 14.8 Å². The number of benzene rings is 2. The molecule has 0 radical (unpaired) electrons. The predicted molar refractivity (Wildman–Crippen MR) is 116 cm³/mol. The van der Waals surface area contributed by atoms with Crippen molar-refractivity contribution in [3.05, 3.63) is 59.7 Å². The molecule has 2 atom stereocenters. The molecule has 2 aromatic rings. The Kier molecular flexibility index (Phi) is 7.33. The molecule has 0 saturated carbocycles. The van der Waals surface area contributed by atoms with E-state index in [1.54, 1.807) is 19.1 Å². The van der Waals surface area contributed by atoms with Gasteiger partial charge >= 0.3 is 0 Å². The summed E-state index contributed by atoms with van der Waals surface area (Å²) >= 11 is 0. The molecule has 30 heavy (non-hydrogen) atoms. The monoisotopic (exact) mass is 410 g/mol. The van der Waals surface area contributed by atoms with E-state index in [4.69, 9.17) is 9.47 Å². The van der Waals surface area contributed by atoms with Crippen LogP contribution in [-0.4, -0.2) is 50.6 Å². The summed E-state index contributed by atoms with van der Waals surface area (Å²) in [5, 5.41) is 3.00. The number of methoxy groups -OCH3 is 2. The van der Waals surface area contributed by atoms with E-state index in [0.29, 0.717) is 37.6 Å². The van der Waals surface area contributed by atoms with Crippen LogP contribution in [0.15, 0.2) is 48.5 Å². The lowest BCUT2D eigenvalue weighted by molar-refractivity contribution is -0.130. The molecule has 2 unspecified atom stereocenters. The normalized spacial score (nSPS) is 18.2. The number of carbonyl (C=O) groups is 2. The second-order valence-electron chi connectivity index (χ2n) is 7.57. The molecule has 0 aliphatic carbocycles. The maximum Gasteiger partial charge on any atom is 0.227 e. The van der Waals surface area contributed by atoms with Crippen molar-refractivity contribution in [2.24, 2.45) is 5.92 Å². The molecule has 1 aliphatic rings. The zero-order valence-electron chi connectivity index (χ0n) is 17.9. The first-order chi connectivity index (χ1) is 14.6. The van der Waals surface area contributed by atoms with E-state index >= 15 is 0 Å². The number of ether oxygens (including phenoxy) is 2. The highest BCUT2D eigenvalue weighted by Gasteiger charge is 2.41. The molecule has 2 aromatic carbocycles. The molecular weight excluding hydrogens is 380 g/mol. The SMILES string of the molecule is CCCNC(=O)C1CN(C(=O)Cc2ccccc2)CC1c1cc(OC)ccc1OC. The van der Waals surface area contributed by atoms with Crippen molar-refractivity contribution in [3.63, 3.8) is 0 Å². The Labute approximate surface area is 178 Å². The summed E-state index contributed by atoms with van der Waals surface area (Å²) in [5.41, 5.74) is 1.86. The molecular formula is C24H30N2O4. The minimum Gasteiger partial charge on any atom is -0.497 e. The van der Waals surface area contributed by atoms with Crippen LogP contribution in [0.2, 0.25) is 0 Å². The molecule has 6 heteroatoms. The van der Waals surface area contributed by atoms with Gasteiger partial charge in [0.1, 0.15) is 11.5 Å². The predicted octanol–water partition coefficient (Wildman–Crippen LogP) is 3.01. The topological polar surface area (TPSA) is 67.9 Å². The molecule has 160 valence electrons. The second kappa shape index (κ2) is 10.1. The Hall–Kier alpha value is -3.02. The van der Waals surface area contributed by atoms with Gasteiger partial charge in [0.05, 0.1) is 26.6 Å². The molecule has 1 aliphatic heterocycles.